The van der Waals surface area contributed by atoms with Gasteiger partial charge in [0.05, 0.1) is 26.9 Å². The summed E-state index contributed by atoms with van der Waals surface area (Å²) in [5.74, 6) is 1.24. The monoisotopic (exact) mass is 407 g/mol. The third-order valence-corrected chi connectivity index (χ3v) is 4.08. The first kappa shape index (κ1) is 22.0. The van der Waals surface area contributed by atoms with Gasteiger partial charge in [0, 0.05) is 6.54 Å². The molecule has 1 N–H and O–H groups in total. The van der Waals surface area contributed by atoms with E-state index in [0.29, 0.717) is 29.2 Å². The Morgan fingerprint density at radius 1 is 1.00 bits per heavy atom. The summed E-state index contributed by atoms with van der Waals surface area (Å²) in [5, 5.41) is 2.71. The van der Waals surface area contributed by atoms with Gasteiger partial charge in [-0.05, 0) is 41.8 Å². The van der Waals surface area contributed by atoms with Crippen molar-refractivity contribution in [2.24, 2.45) is 0 Å². The first-order valence-corrected chi connectivity index (χ1v) is 8.75. The number of ether oxygens (including phenoxy) is 4. The van der Waals surface area contributed by atoms with Crippen molar-refractivity contribution in [3.05, 3.63) is 59.9 Å². The Kier molecular flexibility index (Phi) is 8.27. The van der Waals surface area contributed by atoms with Crippen LogP contribution in [0.25, 0.3) is 5.57 Å². The van der Waals surface area contributed by atoms with Gasteiger partial charge < -0.3 is 24.3 Å². The lowest BCUT2D eigenvalue weighted by Crippen LogP contribution is -2.26. The van der Waals surface area contributed by atoms with Gasteiger partial charge >= 0.3 is 6.61 Å². The van der Waals surface area contributed by atoms with Crippen LogP contribution in [0.5, 0.6) is 17.2 Å². The van der Waals surface area contributed by atoms with Crippen LogP contribution in [0.1, 0.15) is 11.1 Å². The fourth-order valence-electron chi connectivity index (χ4n) is 2.59. The van der Waals surface area contributed by atoms with E-state index < -0.39 is 12.5 Å². The molecule has 6 nitrogen and oxygen atoms in total. The van der Waals surface area contributed by atoms with E-state index in [2.05, 4.69) is 10.1 Å². The molecular formula is C21H23F2NO5. The maximum absolute atomic E-state index is 12.5. The van der Waals surface area contributed by atoms with Crippen molar-refractivity contribution in [2.75, 3.05) is 27.9 Å². The van der Waals surface area contributed by atoms with Gasteiger partial charge in [-0.3, -0.25) is 4.79 Å². The van der Waals surface area contributed by atoms with E-state index in [1.165, 1.54) is 7.11 Å². The summed E-state index contributed by atoms with van der Waals surface area (Å²) in [6.07, 6.45) is 1.27. The van der Waals surface area contributed by atoms with Crippen LogP contribution in [0.4, 0.5) is 8.78 Å². The van der Waals surface area contributed by atoms with Crippen molar-refractivity contribution in [3.8, 4) is 17.2 Å². The minimum atomic E-state index is -3.03. The molecule has 2 aromatic rings. The Bertz CT molecular complexity index is 837. The zero-order valence-corrected chi connectivity index (χ0v) is 16.4. The summed E-state index contributed by atoms with van der Waals surface area (Å²) >= 11 is 0. The molecule has 8 heteroatoms. The Morgan fingerprint density at radius 2 is 1.69 bits per heavy atom. The quantitative estimate of drug-likeness (QED) is 0.481. The fourth-order valence-corrected chi connectivity index (χ4v) is 2.59. The summed E-state index contributed by atoms with van der Waals surface area (Å²) in [6.45, 7) is -2.74. The van der Waals surface area contributed by atoms with Crippen LogP contribution in [0, 0.1) is 0 Å². The standard InChI is InChI=1S/C21H23F2NO5/c1-26-16-7-5-15(6-8-16)17(13-29-21(22)23)20(25)24-11-10-14-4-9-18(27-2)19(12-14)28-3/h4-9,12-13,21H,10-11H2,1-3H3,(H,24,25)/b17-13+. The number of carbonyl (C=O) groups excluding carboxylic acids is 1. The van der Waals surface area contributed by atoms with Crippen LogP contribution in [0.15, 0.2) is 48.7 Å². The number of alkyl halides is 2. The van der Waals surface area contributed by atoms with Gasteiger partial charge in [0.2, 0.25) is 0 Å². The lowest BCUT2D eigenvalue weighted by atomic mass is 10.1. The zero-order valence-electron chi connectivity index (χ0n) is 16.4. The zero-order chi connectivity index (χ0) is 21.2. The highest BCUT2D eigenvalue weighted by Gasteiger charge is 2.14. The number of hydrogen-bond donors (Lipinski definition) is 1. The molecule has 0 aromatic heterocycles. The minimum Gasteiger partial charge on any atom is -0.497 e. The highest BCUT2D eigenvalue weighted by atomic mass is 19.3. The van der Waals surface area contributed by atoms with Crippen molar-refractivity contribution >= 4 is 11.5 Å². The molecule has 1 amide bonds. The van der Waals surface area contributed by atoms with E-state index in [4.69, 9.17) is 14.2 Å². The molecule has 0 unspecified atom stereocenters. The molecule has 0 aliphatic carbocycles. The lowest BCUT2D eigenvalue weighted by Gasteiger charge is -2.12. The minimum absolute atomic E-state index is 0.0136. The lowest BCUT2D eigenvalue weighted by molar-refractivity contribution is -0.116. The van der Waals surface area contributed by atoms with Crippen molar-refractivity contribution in [1.29, 1.82) is 0 Å². The third kappa shape index (κ3) is 6.38. The van der Waals surface area contributed by atoms with E-state index in [9.17, 15) is 13.6 Å². The van der Waals surface area contributed by atoms with Gasteiger partial charge in [0.15, 0.2) is 11.5 Å². The van der Waals surface area contributed by atoms with Gasteiger partial charge in [-0.2, -0.15) is 8.78 Å². The number of hydrogen-bond acceptors (Lipinski definition) is 5. The molecule has 0 aliphatic heterocycles. The Morgan fingerprint density at radius 3 is 2.28 bits per heavy atom. The van der Waals surface area contributed by atoms with Gasteiger partial charge in [-0.15, -0.1) is 0 Å². The molecule has 0 radical (unpaired) electrons. The van der Waals surface area contributed by atoms with Crippen LogP contribution >= 0.6 is 0 Å². The van der Waals surface area contributed by atoms with E-state index in [1.54, 1.807) is 44.6 Å². The van der Waals surface area contributed by atoms with Crippen LogP contribution in [-0.4, -0.2) is 40.4 Å². The first-order chi connectivity index (χ1) is 14.0. The predicted octanol–water partition coefficient (Wildman–Crippen LogP) is 3.65. The van der Waals surface area contributed by atoms with E-state index in [1.807, 2.05) is 12.1 Å². The molecule has 29 heavy (non-hydrogen) atoms. The van der Waals surface area contributed by atoms with Crippen LogP contribution < -0.4 is 19.5 Å². The SMILES string of the molecule is COc1ccc(/C(=C\OC(F)F)C(=O)NCCc2ccc(OC)c(OC)c2)cc1. The van der Waals surface area contributed by atoms with Crippen molar-refractivity contribution < 1.29 is 32.5 Å². The second kappa shape index (κ2) is 10.9. The van der Waals surface area contributed by atoms with E-state index in [-0.39, 0.29) is 12.1 Å². The largest absolute Gasteiger partial charge is 0.497 e. The summed E-state index contributed by atoms with van der Waals surface area (Å²) in [4.78, 5) is 12.5. The van der Waals surface area contributed by atoms with Gasteiger partial charge in [-0.25, -0.2) is 0 Å². The molecule has 0 spiro atoms. The highest BCUT2D eigenvalue weighted by Crippen LogP contribution is 2.27. The molecule has 0 saturated carbocycles. The summed E-state index contributed by atoms with van der Waals surface area (Å²) in [6, 6.07) is 11.9. The van der Waals surface area contributed by atoms with Crippen LogP contribution in [-0.2, 0) is 16.0 Å². The second-order valence-corrected chi connectivity index (χ2v) is 5.85. The number of carbonyl (C=O) groups is 1. The molecular weight excluding hydrogens is 384 g/mol. The Balaban J connectivity index is 2.06. The fraction of sp³-hybridized carbons (Fsp3) is 0.286. The number of halogens is 2. The predicted molar refractivity (Wildman–Crippen MR) is 104 cm³/mol. The van der Waals surface area contributed by atoms with E-state index in [0.717, 1.165) is 11.8 Å². The number of benzene rings is 2. The normalized spacial score (nSPS) is 11.2. The summed E-state index contributed by atoms with van der Waals surface area (Å²) in [7, 11) is 4.59. The number of methoxy groups -OCH3 is 3. The first-order valence-electron chi connectivity index (χ1n) is 8.75. The maximum atomic E-state index is 12.5. The Hall–Kier alpha value is -3.29. The number of rotatable bonds is 10. The summed E-state index contributed by atoms with van der Waals surface area (Å²) in [5.41, 5.74) is 1.33. The molecule has 0 heterocycles. The molecule has 2 aromatic carbocycles. The average Bonchev–Trinajstić information content (AvgIpc) is 2.74. The van der Waals surface area contributed by atoms with Gasteiger partial charge in [0.1, 0.15) is 12.0 Å². The molecule has 0 fully saturated rings. The number of amides is 1. The van der Waals surface area contributed by atoms with Crippen molar-refractivity contribution in [1.82, 2.24) is 5.32 Å². The third-order valence-electron chi connectivity index (χ3n) is 4.08. The van der Waals surface area contributed by atoms with Crippen LogP contribution in [0.3, 0.4) is 0 Å². The Labute approximate surface area is 168 Å². The average molecular weight is 407 g/mol. The maximum Gasteiger partial charge on any atom is 0.386 e. The molecule has 0 atom stereocenters. The van der Waals surface area contributed by atoms with Crippen molar-refractivity contribution in [3.63, 3.8) is 0 Å². The summed E-state index contributed by atoms with van der Waals surface area (Å²) < 4.78 is 44.7. The van der Waals surface area contributed by atoms with Gasteiger partial charge in [-0.1, -0.05) is 18.2 Å². The molecule has 0 saturated heterocycles. The van der Waals surface area contributed by atoms with Crippen molar-refractivity contribution in [2.45, 2.75) is 13.0 Å². The number of nitrogens with one attached hydrogen (secondary N) is 1. The van der Waals surface area contributed by atoms with E-state index >= 15 is 0 Å². The highest BCUT2D eigenvalue weighted by molar-refractivity contribution is 6.19. The molecule has 2 rings (SSSR count). The molecule has 0 bridgehead atoms. The molecule has 156 valence electrons. The topological polar surface area (TPSA) is 66.0 Å². The molecule has 0 aliphatic rings. The van der Waals surface area contributed by atoms with Crippen LogP contribution in [0.2, 0.25) is 0 Å². The van der Waals surface area contributed by atoms with Gasteiger partial charge in [0.25, 0.3) is 5.91 Å². The second-order valence-electron chi connectivity index (χ2n) is 5.85. The smallest absolute Gasteiger partial charge is 0.386 e.